The number of H-pyrrole nitrogens is 1. The number of rotatable bonds is 3. The summed E-state index contributed by atoms with van der Waals surface area (Å²) in [6.07, 6.45) is 6.68. The summed E-state index contributed by atoms with van der Waals surface area (Å²) in [5, 5.41) is 10.1. The van der Waals surface area contributed by atoms with E-state index in [4.69, 9.17) is 4.74 Å². The Morgan fingerprint density at radius 1 is 1.20 bits per heavy atom. The second-order valence-corrected chi connectivity index (χ2v) is 5.95. The fourth-order valence-corrected chi connectivity index (χ4v) is 3.10. The zero-order valence-electron chi connectivity index (χ0n) is 13.6. The first-order chi connectivity index (χ1) is 12.3. The molecule has 4 rings (SSSR count). The number of carbonyl (C=O) groups is 1. The Kier molecular flexibility index (Phi) is 4.16. The molecule has 0 radical (unpaired) electrons. The van der Waals surface area contributed by atoms with Gasteiger partial charge in [-0.05, 0) is 31.0 Å². The number of pyridine rings is 1. The molecule has 0 saturated heterocycles. The monoisotopic (exact) mass is 334 g/mol. The lowest BCUT2D eigenvalue weighted by Crippen LogP contribution is -2.28. The Morgan fingerprint density at radius 3 is 3.00 bits per heavy atom. The van der Waals surface area contributed by atoms with Crippen LogP contribution in [0.25, 0.3) is 11.3 Å². The minimum absolute atomic E-state index is 0.0807. The number of nitrogens with zero attached hydrogens (tertiary/aromatic N) is 2. The molecule has 1 aliphatic rings. The molecule has 1 aliphatic heterocycles. The van der Waals surface area contributed by atoms with Gasteiger partial charge in [0.05, 0.1) is 30.1 Å². The van der Waals surface area contributed by atoms with Gasteiger partial charge < -0.3 is 10.1 Å². The molecular formula is C19H18N4O2. The lowest BCUT2D eigenvalue weighted by atomic mass is 10.0. The highest BCUT2D eigenvalue weighted by Gasteiger charge is 2.23. The topological polar surface area (TPSA) is 79.9 Å². The van der Waals surface area contributed by atoms with E-state index in [0.29, 0.717) is 17.9 Å². The lowest BCUT2D eigenvalue weighted by Gasteiger charge is -2.18. The number of hydrogen-bond donors (Lipinski definition) is 2. The van der Waals surface area contributed by atoms with E-state index < -0.39 is 0 Å². The number of hydrogen-bond acceptors (Lipinski definition) is 4. The van der Waals surface area contributed by atoms with Gasteiger partial charge in [0.15, 0.2) is 0 Å². The van der Waals surface area contributed by atoms with Gasteiger partial charge in [0, 0.05) is 23.5 Å². The molecule has 6 nitrogen and oxygen atoms in total. The van der Waals surface area contributed by atoms with Gasteiger partial charge in [-0.25, -0.2) is 0 Å². The molecule has 1 unspecified atom stereocenters. The molecule has 3 aromatic rings. The molecule has 0 aliphatic carbocycles. The molecule has 3 heterocycles. The third-order valence-electron chi connectivity index (χ3n) is 4.33. The molecule has 126 valence electrons. The number of para-hydroxylation sites is 1. The molecule has 2 aromatic heterocycles. The third kappa shape index (κ3) is 3.10. The maximum atomic E-state index is 12.9. The standard InChI is InChI=1S/C19H18N4O2/c24-19(15-12-21-23-18(15)13-5-3-9-20-11-13)22-16-7-4-10-25-17-8-2-1-6-14(16)17/h1-3,5-6,8-9,11-12,16H,4,7,10H2,(H,21,23)(H,22,24). The van der Waals surface area contributed by atoms with E-state index in [1.807, 2.05) is 36.4 Å². The Morgan fingerprint density at radius 2 is 2.12 bits per heavy atom. The quantitative estimate of drug-likeness (QED) is 0.771. The van der Waals surface area contributed by atoms with E-state index in [0.717, 1.165) is 29.7 Å². The van der Waals surface area contributed by atoms with Crippen LogP contribution in [-0.2, 0) is 0 Å². The van der Waals surface area contributed by atoms with E-state index in [2.05, 4.69) is 20.5 Å². The van der Waals surface area contributed by atoms with E-state index >= 15 is 0 Å². The van der Waals surface area contributed by atoms with Gasteiger partial charge in [-0.2, -0.15) is 5.10 Å². The fourth-order valence-electron chi connectivity index (χ4n) is 3.10. The summed E-state index contributed by atoms with van der Waals surface area (Å²) in [6, 6.07) is 11.5. The van der Waals surface area contributed by atoms with Crippen molar-refractivity contribution in [2.75, 3.05) is 6.61 Å². The van der Waals surface area contributed by atoms with Crippen LogP contribution in [0.3, 0.4) is 0 Å². The van der Waals surface area contributed by atoms with Crippen molar-refractivity contribution in [2.45, 2.75) is 18.9 Å². The number of fused-ring (bicyclic) bond motifs is 1. The molecule has 0 fully saturated rings. The molecule has 1 aromatic carbocycles. The SMILES string of the molecule is O=C(NC1CCCOc2ccccc21)c1cn[nH]c1-c1cccnc1. The Balaban J connectivity index is 1.61. The van der Waals surface area contributed by atoms with Gasteiger partial charge >= 0.3 is 0 Å². The summed E-state index contributed by atoms with van der Waals surface area (Å²) >= 11 is 0. The summed E-state index contributed by atoms with van der Waals surface area (Å²) in [6.45, 7) is 0.663. The molecule has 0 bridgehead atoms. The molecule has 0 spiro atoms. The van der Waals surface area contributed by atoms with Crippen LogP contribution >= 0.6 is 0 Å². The first-order valence-electron chi connectivity index (χ1n) is 8.29. The maximum Gasteiger partial charge on any atom is 0.255 e. The van der Waals surface area contributed by atoms with Crippen LogP contribution in [0.15, 0.2) is 55.0 Å². The van der Waals surface area contributed by atoms with Crippen molar-refractivity contribution in [3.63, 3.8) is 0 Å². The molecule has 1 atom stereocenters. The molecular weight excluding hydrogens is 316 g/mol. The molecule has 2 N–H and O–H groups in total. The highest BCUT2D eigenvalue weighted by molar-refractivity contribution is 5.99. The van der Waals surface area contributed by atoms with Gasteiger partial charge in [0.1, 0.15) is 5.75 Å². The Bertz CT molecular complexity index is 876. The third-order valence-corrected chi connectivity index (χ3v) is 4.33. The average Bonchev–Trinajstić information content (AvgIpc) is 3.07. The number of carbonyl (C=O) groups excluding carboxylic acids is 1. The number of aromatic nitrogens is 3. The highest BCUT2D eigenvalue weighted by Crippen LogP contribution is 2.31. The van der Waals surface area contributed by atoms with Crippen molar-refractivity contribution in [1.82, 2.24) is 20.5 Å². The minimum atomic E-state index is -0.158. The van der Waals surface area contributed by atoms with Crippen LogP contribution in [0.2, 0.25) is 0 Å². The summed E-state index contributed by atoms with van der Waals surface area (Å²) < 4.78 is 5.77. The van der Waals surface area contributed by atoms with Crippen LogP contribution in [0.4, 0.5) is 0 Å². The average molecular weight is 334 g/mol. The Hall–Kier alpha value is -3.15. The number of nitrogens with one attached hydrogen (secondary N) is 2. The van der Waals surface area contributed by atoms with Crippen molar-refractivity contribution in [2.24, 2.45) is 0 Å². The van der Waals surface area contributed by atoms with E-state index in [9.17, 15) is 4.79 Å². The first kappa shape index (κ1) is 15.4. The van der Waals surface area contributed by atoms with Crippen molar-refractivity contribution < 1.29 is 9.53 Å². The summed E-state index contributed by atoms with van der Waals surface area (Å²) in [7, 11) is 0. The smallest absolute Gasteiger partial charge is 0.255 e. The van der Waals surface area contributed by atoms with Gasteiger partial charge in [-0.1, -0.05) is 18.2 Å². The van der Waals surface area contributed by atoms with Crippen LogP contribution < -0.4 is 10.1 Å². The normalized spacial score (nSPS) is 16.4. The molecule has 6 heteroatoms. The van der Waals surface area contributed by atoms with Crippen molar-refractivity contribution in [3.8, 4) is 17.0 Å². The van der Waals surface area contributed by atoms with E-state index in [1.54, 1.807) is 18.6 Å². The number of ether oxygens (including phenoxy) is 1. The summed E-state index contributed by atoms with van der Waals surface area (Å²) in [5.74, 6) is 0.680. The van der Waals surface area contributed by atoms with E-state index in [-0.39, 0.29) is 11.9 Å². The van der Waals surface area contributed by atoms with Crippen molar-refractivity contribution in [1.29, 1.82) is 0 Å². The fraction of sp³-hybridized carbons (Fsp3) is 0.211. The zero-order chi connectivity index (χ0) is 17.1. The summed E-state index contributed by atoms with van der Waals surface area (Å²) in [4.78, 5) is 17.0. The van der Waals surface area contributed by atoms with Crippen LogP contribution in [-0.4, -0.2) is 27.7 Å². The summed E-state index contributed by atoms with van der Waals surface area (Å²) in [5.41, 5.74) is 3.02. The van der Waals surface area contributed by atoms with Crippen LogP contribution in [0, 0.1) is 0 Å². The number of benzene rings is 1. The first-order valence-corrected chi connectivity index (χ1v) is 8.29. The van der Waals surface area contributed by atoms with Gasteiger partial charge in [-0.15, -0.1) is 0 Å². The van der Waals surface area contributed by atoms with E-state index in [1.165, 1.54) is 0 Å². The Labute approximate surface area is 145 Å². The number of amides is 1. The second kappa shape index (κ2) is 6.76. The maximum absolute atomic E-state index is 12.9. The van der Waals surface area contributed by atoms with Gasteiger partial charge in [0.2, 0.25) is 0 Å². The molecule has 1 amide bonds. The van der Waals surface area contributed by atoms with Gasteiger partial charge in [-0.3, -0.25) is 14.9 Å². The largest absolute Gasteiger partial charge is 0.493 e. The van der Waals surface area contributed by atoms with Crippen molar-refractivity contribution in [3.05, 3.63) is 66.1 Å². The zero-order valence-corrected chi connectivity index (χ0v) is 13.6. The highest BCUT2D eigenvalue weighted by atomic mass is 16.5. The predicted octanol–water partition coefficient (Wildman–Crippen LogP) is 3.12. The molecule has 0 saturated carbocycles. The second-order valence-electron chi connectivity index (χ2n) is 5.95. The van der Waals surface area contributed by atoms with Crippen LogP contribution in [0.1, 0.15) is 34.8 Å². The van der Waals surface area contributed by atoms with Crippen molar-refractivity contribution >= 4 is 5.91 Å². The van der Waals surface area contributed by atoms with Crippen LogP contribution in [0.5, 0.6) is 5.75 Å². The predicted molar refractivity (Wildman–Crippen MR) is 93.2 cm³/mol. The number of aromatic amines is 1. The minimum Gasteiger partial charge on any atom is -0.493 e. The molecule has 25 heavy (non-hydrogen) atoms. The lowest BCUT2D eigenvalue weighted by molar-refractivity contribution is 0.0935. The van der Waals surface area contributed by atoms with Gasteiger partial charge in [0.25, 0.3) is 5.91 Å².